The van der Waals surface area contributed by atoms with Gasteiger partial charge in [0.1, 0.15) is 18.1 Å². The Kier molecular flexibility index (Phi) is 14.7. The molecular formula is C31H33N5O16. The van der Waals surface area contributed by atoms with Crippen LogP contribution < -0.4 is 14.8 Å². The Morgan fingerprint density at radius 3 is 2.17 bits per heavy atom. The summed E-state index contributed by atoms with van der Waals surface area (Å²) in [6, 6.07) is 8.69. The van der Waals surface area contributed by atoms with Crippen LogP contribution >= 0.6 is 0 Å². The number of azide groups is 1. The van der Waals surface area contributed by atoms with Crippen molar-refractivity contribution in [2.24, 2.45) is 5.11 Å². The van der Waals surface area contributed by atoms with Crippen LogP contribution in [0.1, 0.15) is 39.2 Å². The summed E-state index contributed by atoms with van der Waals surface area (Å²) >= 11 is 0. The van der Waals surface area contributed by atoms with Gasteiger partial charge in [0.25, 0.3) is 5.69 Å². The van der Waals surface area contributed by atoms with Gasteiger partial charge in [0, 0.05) is 50.8 Å². The van der Waals surface area contributed by atoms with Crippen molar-refractivity contribution < 1.29 is 71.6 Å². The normalized spacial score (nSPS) is 19.0. The van der Waals surface area contributed by atoms with E-state index in [1.807, 2.05) is 0 Å². The van der Waals surface area contributed by atoms with Crippen molar-refractivity contribution in [2.45, 2.75) is 70.9 Å². The van der Waals surface area contributed by atoms with Crippen LogP contribution in [-0.4, -0.2) is 85.2 Å². The van der Waals surface area contributed by atoms with Crippen molar-refractivity contribution in [3.63, 3.8) is 0 Å². The van der Waals surface area contributed by atoms with Crippen LogP contribution in [-0.2, 0) is 59.0 Å². The standard InChI is InChI=1S/C31H33N5O16/c1-16(37)47-25-26(48-17(2)38)28(49-18(3)39)30(52-27(25)29(41)45-4)51-23-12-7-19(14-22(23)34-24(40)6-5-13-33-35-32)15-46-31(42)50-21-10-8-20(9-11-21)36(43)44/h7-12,14,25-28,30H,5-6,13,15H2,1-4H3,(H,34,40)/t25-,26-,27?,28+,30-/m0/s1. The number of nitro groups is 1. The fourth-order valence-corrected chi connectivity index (χ4v) is 4.64. The second-order valence-corrected chi connectivity index (χ2v) is 10.6. The Hall–Kier alpha value is -6.47. The van der Waals surface area contributed by atoms with Gasteiger partial charge in [0.05, 0.1) is 17.7 Å². The molecule has 1 N–H and O–H groups in total. The van der Waals surface area contributed by atoms with E-state index >= 15 is 0 Å². The largest absolute Gasteiger partial charge is 0.514 e. The third kappa shape index (κ3) is 11.8. The molecule has 21 heteroatoms. The number of nitrogens with zero attached hydrogens (tertiary/aromatic N) is 4. The third-order valence-corrected chi connectivity index (χ3v) is 6.73. The molecule has 0 spiro atoms. The monoisotopic (exact) mass is 731 g/mol. The SMILES string of the molecule is COC(=O)C1O[C@H](Oc2ccc(COC(=O)Oc3ccc([N+](=O)[O-])cc3)cc2NC(=O)CCCN=[N+]=[N-])[C@H](OC(C)=O)[C@@H](OC(C)=O)[C@@H]1OC(C)=O. The number of hydrogen-bond donors (Lipinski definition) is 1. The topological polar surface area (TPSA) is 280 Å². The summed E-state index contributed by atoms with van der Waals surface area (Å²) in [5.74, 6) is -4.54. The minimum atomic E-state index is -1.76. The van der Waals surface area contributed by atoms with Gasteiger partial charge in [-0.05, 0) is 41.8 Å². The maximum Gasteiger partial charge on any atom is 0.514 e. The van der Waals surface area contributed by atoms with Crippen molar-refractivity contribution in [1.29, 1.82) is 0 Å². The number of nitrogens with one attached hydrogen (secondary N) is 1. The van der Waals surface area contributed by atoms with E-state index in [2.05, 4.69) is 15.3 Å². The molecule has 52 heavy (non-hydrogen) atoms. The van der Waals surface area contributed by atoms with Crippen LogP contribution in [0.15, 0.2) is 47.6 Å². The number of esters is 4. The molecule has 1 amide bonds. The molecule has 0 aliphatic carbocycles. The highest BCUT2D eigenvalue weighted by Crippen LogP contribution is 2.34. The van der Waals surface area contributed by atoms with Crippen LogP contribution in [0, 0.1) is 10.1 Å². The molecule has 0 bridgehead atoms. The van der Waals surface area contributed by atoms with Crippen LogP contribution in [0.5, 0.6) is 11.5 Å². The molecule has 278 valence electrons. The minimum absolute atomic E-state index is 0.0218. The fourth-order valence-electron chi connectivity index (χ4n) is 4.64. The smallest absolute Gasteiger partial charge is 0.467 e. The Labute approximate surface area is 294 Å². The number of hydrogen-bond acceptors (Lipinski definition) is 17. The zero-order chi connectivity index (χ0) is 38.4. The first-order valence-electron chi connectivity index (χ1n) is 15.2. The average molecular weight is 732 g/mol. The lowest BCUT2D eigenvalue weighted by Gasteiger charge is -2.43. The second kappa shape index (κ2) is 19.1. The molecule has 1 saturated heterocycles. The third-order valence-electron chi connectivity index (χ3n) is 6.73. The highest BCUT2D eigenvalue weighted by atomic mass is 16.7. The molecule has 2 aromatic rings. The average Bonchev–Trinajstić information content (AvgIpc) is 3.08. The number of carbonyl (C=O) groups is 6. The van der Waals surface area contributed by atoms with E-state index in [0.29, 0.717) is 0 Å². The molecule has 1 aliphatic rings. The number of benzene rings is 2. The number of anilines is 1. The Morgan fingerprint density at radius 2 is 1.58 bits per heavy atom. The van der Waals surface area contributed by atoms with E-state index < -0.39 is 78.2 Å². The number of rotatable bonds is 15. The van der Waals surface area contributed by atoms with Gasteiger partial charge in [-0.3, -0.25) is 29.3 Å². The van der Waals surface area contributed by atoms with Gasteiger partial charge in [0.15, 0.2) is 18.3 Å². The number of nitro benzene ring substituents is 1. The molecular weight excluding hydrogens is 698 g/mol. The number of ether oxygens (including phenoxy) is 8. The quantitative estimate of drug-likeness (QED) is 0.0316. The molecule has 1 fully saturated rings. The maximum absolute atomic E-state index is 12.9. The van der Waals surface area contributed by atoms with E-state index in [1.165, 1.54) is 30.3 Å². The molecule has 1 unspecified atom stereocenters. The number of amides is 1. The Balaban J connectivity index is 1.94. The van der Waals surface area contributed by atoms with Gasteiger partial charge in [-0.2, -0.15) is 0 Å². The van der Waals surface area contributed by atoms with Crippen molar-refractivity contribution in [2.75, 3.05) is 19.0 Å². The highest BCUT2D eigenvalue weighted by Gasteiger charge is 2.56. The Morgan fingerprint density at radius 1 is 0.942 bits per heavy atom. The van der Waals surface area contributed by atoms with Crippen LogP contribution in [0.2, 0.25) is 0 Å². The van der Waals surface area contributed by atoms with Crippen molar-refractivity contribution >= 4 is 47.3 Å². The van der Waals surface area contributed by atoms with Gasteiger partial charge in [0.2, 0.25) is 18.3 Å². The molecule has 0 aromatic heterocycles. The first-order chi connectivity index (χ1) is 24.7. The molecule has 5 atom stereocenters. The van der Waals surface area contributed by atoms with Gasteiger partial charge in [-0.25, -0.2) is 9.59 Å². The van der Waals surface area contributed by atoms with E-state index in [-0.39, 0.29) is 47.8 Å². The van der Waals surface area contributed by atoms with Crippen molar-refractivity contribution in [3.8, 4) is 11.5 Å². The minimum Gasteiger partial charge on any atom is -0.467 e. The van der Waals surface area contributed by atoms with Crippen LogP contribution in [0.3, 0.4) is 0 Å². The summed E-state index contributed by atoms with van der Waals surface area (Å²) in [5.41, 5.74) is 8.51. The molecule has 0 radical (unpaired) electrons. The molecule has 2 aromatic carbocycles. The summed E-state index contributed by atoms with van der Waals surface area (Å²) in [7, 11) is 1.02. The first kappa shape index (κ1) is 40.0. The zero-order valence-electron chi connectivity index (χ0n) is 28.1. The van der Waals surface area contributed by atoms with E-state index in [4.69, 9.17) is 43.4 Å². The number of methoxy groups -OCH3 is 1. The lowest BCUT2D eigenvalue weighted by molar-refractivity contribution is -0.384. The van der Waals surface area contributed by atoms with E-state index in [0.717, 1.165) is 40.0 Å². The Bertz CT molecular complexity index is 1710. The van der Waals surface area contributed by atoms with Gasteiger partial charge < -0.3 is 43.2 Å². The van der Waals surface area contributed by atoms with Gasteiger partial charge in [-0.1, -0.05) is 11.2 Å². The molecule has 21 nitrogen and oxygen atoms in total. The summed E-state index contributed by atoms with van der Waals surface area (Å²) in [6.45, 7) is 2.68. The van der Waals surface area contributed by atoms with Crippen molar-refractivity contribution in [1.82, 2.24) is 0 Å². The predicted molar refractivity (Wildman–Crippen MR) is 170 cm³/mol. The maximum atomic E-state index is 12.9. The molecule has 0 saturated carbocycles. The summed E-state index contributed by atoms with van der Waals surface area (Å²) in [6.07, 6.45) is -9.58. The summed E-state index contributed by atoms with van der Waals surface area (Å²) in [4.78, 5) is 87.2. The summed E-state index contributed by atoms with van der Waals surface area (Å²) in [5, 5.41) is 16.8. The number of non-ortho nitro benzene ring substituents is 1. The second-order valence-electron chi connectivity index (χ2n) is 10.6. The van der Waals surface area contributed by atoms with Crippen LogP contribution in [0.4, 0.5) is 16.2 Å². The van der Waals surface area contributed by atoms with E-state index in [1.54, 1.807) is 0 Å². The van der Waals surface area contributed by atoms with Crippen LogP contribution in [0.25, 0.3) is 10.4 Å². The number of carbonyl (C=O) groups excluding carboxylic acids is 6. The molecule has 3 rings (SSSR count). The lowest BCUT2D eigenvalue weighted by Crippen LogP contribution is -2.64. The zero-order valence-corrected chi connectivity index (χ0v) is 28.1. The highest BCUT2D eigenvalue weighted by molar-refractivity contribution is 5.92. The lowest BCUT2D eigenvalue weighted by atomic mass is 9.97. The molecule has 1 aliphatic heterocycles. The van der Waals surface area contributed by atoms with E-state index in [9.17, 15) is 38.9 Å². The van der Waals surface area contributed by atoms with Gasteiger partial charge >= 0.3 is 30.0 Å². The van der Waals surface area contributed by atoms with Crippen molar-refractivity contribution in [3.05, 3.63) is 68.6 Å². The molecule has 1 heterocycles. The van der Waals surface area contributed by atoms with Gasteiger partial charge in [-0.15, -0.1) is 0 Å². The first-order valence-corrected chi connectivity index (χ1v) is 15.2. The predicted octanol–water partition coefficient (Wildman–Crippen LogP) is 3.41. The summed E-state index contributed by atoms with van der Waals surface area (Å²) < 4.78 is 42.7. The fraction of sp³-hybridized carbons (Fsp3) is 0.419.